The average Bonchev–Trinajstić information content (AvgIpc) is 2.17. The summed E-state index contributed by atoms with van der Waals surface area (Å²) in [4.78, 5) is 4.23. The third-order valence-corrected chi connectivity index (χ3v) is 2.32. The first-order valence-electron chi connectivity index (χ1n) is 5.95. The monoisotopic (exact) mass is 221 g/mol. The van der Waals surface area contributed by atoms with Gasteiger partial charge in [-0.25, -0.2) is 4.98 Å². The van der Waals surface area contributed by atoms with E-state index in [4.69, 9.17) is 0 Å². The van der Waals surface area contributed by atoms with Crippen LogP contribution in [0.3, 0.4) is 0 Å². The van der Waals surface area contributed by atoms with Crippen LogP contribution >= 0.6 is 0 Å². The molecule has 0 unspecified atom stereocenters. The van der Waals surface area contributed by atoms with Crippen LogP contribution in [-0.4, -0.2) is 18.1 Å². The van der Waals surface area contributed by atoms with Gasteiger partial charge in [0.25, 0.3) is 0 Å². The van der Waals surface area contributed by atoms with Gasteiger partial charge in [0.2, 0.25) is 0 Å². The first-order chi connectivity index (χ1) is 7.51. The number of aromatic nitrogens is 1. The zero-order chi connectivity index (χ0) is 12.0. The molecule has 0 aliphatic rings. The molecule has 1 aromatic heterocycles. The maximum absolute atomic E-state index is 4.23. The van der Waals surface area contributed by atoms with E-state index >= 15 is 0 Å². The molecule has 1 rings (SSSR count). The molecular weight excluding hydrogens is 198 g/mol. The van der Waals surface area contributed by atoms with Gasteiger partial charge in [0.05, 0.1) is 0 Å². The first-order valence-corrected chi connectivity index (χ1v) is 5.95. The number of hydrogen-bond donors (Lipinski definition) is 2. The van der Waals surface area contributed by atoms with E-state index in [2.05, 4.69) is 43.3 Å². The van der Waals surface area contributed by atoms with Crippen molar-refractivity contribution in [3.8, 4) is 0 Å². The smallest absolute Gasteiger partial charge is 0.127 e. The Morgan fingerprint density at radius 1 is 1.25 bits per heavy atom. The summed E-state index contributed by atoms with van der Waals surface area (Å²) < 4.78 is 0. The van der Waals surface area contributed by atoms with Crippen molar-refractivity contribution in [1.82, 2.24) is 4.98 Å². The second-order valence-corrected chi connectivity index (χ2v) is 5.20. The molecular formula is C13H23N3. The van der Waals surface area contributed by atoms with Crippen molar-refractivity contribution in [2.75, 3.05) is 23.7 Å². The van der Waals surface area contributed by atoms with Crippen molar-refractivity contribution in [2.24, 2.45) is 5.41 Å². The second kappa shape index (κ2) is 5.73. The van der Waals surface area contributed by atoms with Crippen molar-refractivity contribution < 1.29 is 0 Å². The maximum Gasteiger partial charge on any atom is 0.127 e. The van der Waals surface area contributed by atoms with Gasteiger partial charge in [-0.2, -0.15) is 0 Å². The number of nitrogens with one attached hydrogen (secondary N) is 2. The van der Waals surface area contributed by atoms with Gasteiger partial charge >= 0.3 is 0 Å². The summed E-state index contributed by atoms with van der Waals surface area (Å²) >= 11 is 0. The van der Waals surface area contributed by atoms with Crippen LogP contribution in [0.25, 0.3) is 0 Å². The highest BCUT2D eigenvalue weighted by Crippen LogP contribution is 2.19. The van der Waals surface area contributed by atoms with Gasteiger partial charge in [0.1, 0.15) is 5.82 Å². The molecule has 0 saturated heterocycles. The van der Waals surface area contributed by atoms with E-state index in [-0.39, 0.29) is 0 Å². The van der Waals surface area contributed by atoms with Crippen LogP contribution in [0.2, 0.25) is 0 Å². The van der Waals surface area contributed by atoms with Gasteiger partial charge in [-0.15, -0.1) is 0 Å². The molecule has 0 radical (unpaired) electrons. The molecule has 0 bridgehead atoms. The SMILES string of the molecule is CCNc1cc(NCCC(C)(C)C)ccn1. The second-order valence-electron chi connectivity index (χ2n) is 5.20. The van der Waals surface area contributed by atoms with E-state index < -0.39 is 0 Å². The molecule has 3 nitrogen and oxygen atoms in total. The van der Waals surface area contributed by atoms with E-state index in [1.165, 1.54) is 0 Å². The van der Waals surface area contributed by atoms with Crippen LogP contribution in [0.1, 0.15) is 34.1 Å². The Bertz CT molecular complexity index is 315. The Morgan fingerprint density at radius 3 is 2.62 bits per heavy atom. The summed E-state index contributed by atoms with van der Waals surface area (Å²) in [5.41, 5.74) is 1.51. The Hall–Kier alpha value is -1.25. The number of anilines is 2. The van der Waals surface area contributed by atoms with E-state index in [1.54, 1.807) is 0 Å². The lowest BCUT2D eigenvalue weighted by Crippen LogP contribution is -2.13. The molecule has 0 fully saturated rings. The molecule has 0 aromatic carbocycles. The molecule has 90 valence electrons. The molecule has 0 saturated carbocycles. The highest BCUT2D eigenvalue weighted by molar-refractivity contribution is 5.51. The lowest BCUT2D eigenvalue weighted by Gasteiger charge is -2.18. The van der Waals surface area contributed by atoms with Gasteiger partial charge in [0, 0.05) is 31.0 Å². The summed E-state index contributed by atoms with van der Waals surface area (Å²) in [5.74, 6) is 0.934. The number of hydrogen-bond acceptors (Lipinski definition) is 3. The van der Waals surface area contributed by atoms with Crippen LogP contribution < -0.4 is 10.6 Å². The fourth-order valence-electron chi connectivity index (χ4n) is 1.40. The lowest BCUT2D eigenvalue weighted by molar-refractivity contribution is 0.390. The van der Waals surface area contributed by atoms with Crippen LogP contribution in [0.15, 0.2) is 18.3 Å². The van der Waals surface area contributed by atoms with Crippen LogP contribution in [0.4, 0.5) is 11.5 Å². The molecule has 0 atom stereocenters. The number of nitrogens with zero attached hydrogens (tertiary/aromatic N) is 1. The molecule has 16 heavy (non-hydrogen) atoms. The van der Waals surface area contributed by atoms with Crippen LogP contribution in [0, 0.1) is 5.41 Å². The van der Waals surface area contributed by atoms with Crippen molar-refractivity contribution in [2.45, 2.75) is 34.1 Å². The summed E-state index contributed by atoms with van der Waals surface area (Å²) in [6.45, 7) is 10.7. The fourth-order valence-corrected chi connectivity index (χ4v) is 1.40. The van der Waals surface area contributed by atoms with E-state index in [0.717, 1.165) is 31.0 Å². The Morgan fingerprint density at radius 2 is 2.00 bits per heavy atom. The minimum atomic E-state index is 0.379. The summed E-state index contributed by atoms with van der Waals surface area (Å²) in [6.07, 6.45) is 2.99. The van der Waals surface area contributed by atoms with Gasteiger partial charge < -0.3 is 10.6 Å². The normalized spacial score (nSPS) is 11.2. The van der Waals surface area contributed by atoms with E-state index in [0.29, 0.717) is 5.41 Å². The molecule has 2 N–H and O–H groups in total. The van der Waals surface area contributed by atoms with Gasteiger partial charge in [-0.05, 0) is 24.8 Å². The predicted molar refractivity (Wildman–Crippen MR) is 71.0 cm³/mol. The number of pyridine rings is 1. The first kappa shape index (κ1) is 12.8. The van der Waals surface area contributed by atoms with Gasteiger partial charge in [-0.1, -0.05) is 20.8 Å². The molecule has 0 aliphatic carbocycles. The topological polar surface area (TPSA) is 37.0 Å². The molecule has 1 heterocycles. The molecule has 0 aliphatic heterocycles. The molecule has 0 spiro atoms. The van der Waals surface area contributed by atoms with E-state index in [1.807, 2.05) is 18.3 Å². The largest absolute Gasteiger partial charge is 0.385 e. The molecule has 1 aromatic rings. The van der Waals surface area contributed by atoms with Gasteiger partial charge in [0.15, 0.2) is 0 Å². The zero-order valence-electron chi connectivity index (χ0n) is 10.8. The summed E-state index contributed by atoms with van der Waals surface area (Å²) in [6, 6.07) is 4.05. The standard InChI is InChI=1S/C13H23N3/c1-5-14-12-10-11(6-8-16-12)15-9-7-13(2,3)4/h6,8,10H,5,7,9H2,1-4H3,(H2,14,15,16). The minimum absolute atomic E-state index is 0.379. The van der Waals surface area contributed by atoms with E-state index in [9.17, 15) is 0 Å². The predicted octanol–water partition coefficient (Wildman–Crippen LogP) is 3.36. The highest BCUT2D eigenvalue weighted by Gasteiger charge is 2.08. The third kappa shape index (κ3) is 5.01. The van der Waals surface area contributed by atoms with Gasteiger partial charge in [-0.3, -0.25) is 0 Å². The lowest BCUT2D eigenvalue weighted by atomic mass is 9.92. The fraction of sp³-hybridized carbons (Fsp3) is 0.615. The Kier molecular flexibility index (Phi) is 4.59. The van der Waals surface area contributed by atoms with Crippen LogP contribution in [-0.2, 0) is 0 Å². The third-order valence-electron chi connectivity index (χ3n) is 2.32. The Labute approximate surface area is 98.7 Å². The average molecular weight is 221 g/mol. The Balaban J connectivity index is 2.44. The summed E-state index contributed by atoms with van der Waals surface area (Å²) in [5, 5.41) is 6.62. The van der Waals surface area contributed by atoms with Crippen molar-refractivity contribution in [1.29, 1.82) is 0 Å². The zero-order valence-corrected chi connectivity index (χ0v) is 10.8. The quantitative estimate of drug-likeness (QED) is 0.800. The minimum Gasteiger partial charge on any atom is -0.385 e. The molecule has 3 heteroatoms. The van der Waals surface area contributed by atoms with Crippen molar-refractivity contribution >= 4 is 11.5 Å². The summed E-state index contributed by atoms with van der Waals surface area (Å²) in [7, 11) is 0. The van der Waals surface area contributed by atoms with Crippen LogP contribution in [0.5, 0.6) is 0 Å². The highest BCUT2D eigenvalue weighted by atomic mass is 15.0. The number of rotatable bonds is 5. The van der Waals surface area contributed by atoms with Crippen molar-refractivity contribution in [3.63, 3.8) is 0 Å². The maximum atomic E-state index is 4.23. The molecule has 0 amide bonds. The van der Waals surface area contributed by atoms with Crippen molar-refractivity contribution in [3.05, 3.63) is 18.3 Å².